The molecule has 2 heterocycles. The van der Waals surface area contributed by atoms with Gasteiger partial charge in [0.25, 0.3) is 0 Å². The first-order valence-electron chi connectivity index (χ1n) is 9.07. The van der Waals surface area contributed by atoms with Crippen LogP contribution in [0.25, 0.3) is 0 Å². The lowest BCUT2D eigenvalue weighted by Gasteiger charge is -2.33. The van der Waals surface area contributed by atoms with Gasteiger partial charge in [-0.25, -0.2) is 0 Å². The molecule has 0 bridgehead atoms. The van der Waals surface area contributed by atoms with Crippen molar-refractivity contribution in [1.29, 1.82) is 0 Å². The zero-order valence-corrected chi connectivity index (χ0v) is 16.5. The van der Waals surface area contributed by atoms with Gasteiger partial charge >= 0.3 is 0 Å². The minimum atomic E-state index is -0.824. The Morgan fingerprint density at radius 1 is 1.27 bits per heavy atom. The van der Waals surface area contributed by atoms with Crippen LogP contribution in [0.1, 0.15) is 41.5 Å². The summed E-state index contributed by atoms with van der Waals surface area (Å²) in [4.78, 5) is -0.824. The second-order valence-electron chi connectivity index (χ2n) is 6.92. The number of thioether (sulfide) groups is 1. The summed E-state index contributed by atoms with van der Waals surface area (Å²) < 4.78 is 11.1. The smallest absolute Gasteiger partial charge is 0.141 e. The van der Waals surface area contributed by atoms with Crippen molar-refractivity contribution < 1.29 is 14.6 Å². The summed E-state index contributed by atoms with van der Waals surface area (Å²) in [5.41, 5.74) is 4.25. The van der Waals surface area contributed by atoms with Gasteiger partial charge < -0.3 is 14.6 Å². The van der Waals surface area contributed by atoms with Crippen molar-refractivity contribution >= 4 is 23.4 Å². The van der Waals surface area contributed by atoms with Gasteiger partial charge in [0.15, 0.2) is 0 Å². The maximum atomic E-state index is 11.3. The highest BCUT2D eigenvalue weighted by Crippen LogP contribution is 2.49. The lowest BCUT2D eigenvalue weighted by Crippen LogP contribution is -2.26. The summed E-state index contributed by atoms with van der Waals surface area (Å²) in [5, 5.41) is 12.0. The molecule has 2 aliphatic heterocycles. The Morgan fingerprint density at radius 2 is 2.08 bits per heavy atom. The van der Waals surface area contributed by atoms with E-state index < -0.39 is 4.93 Å². The summed E-state index contributed by atoms with van der Waals surface area (Å²) in [6.07, 6.45) is 4.52. The molecule has 4 rings (SSSR count). The normalized spacial score (nSPS) is 22.0. The predicted octanol–water partition coefficient (Wildman–Crippen LogP) is 4.94. The van der Waals surface area contributed by atoms with Crippen LogP contribution in [-0.2, 0) is 17.8 Å². The molecule has 1 unspecified atom stereocenters. The molecule has 2 aliphatic rings. The number of rotatable bonds is 4. The Bertz CT molecular complexity index is 798. The fourth-order valence-corrected chi connectivity index (χ4v) is 5.41. The molecule has 1 N–H and O–H groups in total. The number of methoxy groups -OCH3 is 1. The average molecular weight is 391 g/mol. The molecule has 0 radical (unpaired) electrons. The standard InChI is InChI=1S/C21H23ClO3S/c1-24-16-6-4-14(5-7-16)12-15-13-18(21(23)9-2-3-11-26-21)17-8-10-25-20(17)19(15)22/h4-7,13,23H,2-3,8-12H2,1H3. The molecule has 138 valence electrons. The lowest BCUT2D eigenvalue weighted by atomic mass is 9.92. The van der Waals surface area contributed by atoms with E-state index in [1.165, 1.54) is 0 Å². The van der Waals surface area contributed by atoms with Gasteiger partial charge in [-0.15, -0.1) is 11.8 Å². The zero-order valence-electron chi connectivity index (χ0n) is 14.9. The minimum absolute atomic E-state index is 0.634. The maximum Gasteiger partial charge on any atom is 0.141 e. The number of halogens is 1. The molecule has 3 nitrogen and oxygen atoms in total. The number of ether oxygens (including phenoxy) is 2. The van der Waals surface area contributed by atoms with Crippen molar-refractivity contribution in [3.05, 3.63) is 57.6 Å². The molecule has 0 aromatic heterocycles. The van der Waals surface area contributed by atoms with Gasteiger partial charge in [-0.3, -0.25) is 0 Å². The van der Waals surface area contributed by atoms with Gasteiger partial charge in [-0.05, 0) is 60.8 Å². The van der Waals surface area contributed by atoms with Crippen molar-refractivity contribution in [2.24, 2.45) is 0 Å². The van der Waals surface area contributed by atoms with Crippen molar-refractivity contribution in [3.63, 3.8) is 0 Å². The Kier molecular flexibility index (Phi) is 5.09. The SMILES string of the molecule is COc1ccc(Cc2cc(C3(O)CCCCS3)c3c(c2Cl)OCC3)cc1. The average Bonchev–Trinajstić information content (AvgIpc) is 3.15. The third-order valence-corrected chi connectivity index (χ3v) is 7.03. The molecular weight excluding hydrogens is 368 g/mol. The third-order valence-electron chi connectivity index (χ3n) is 5.22. The molecule has 0 amide bonds. The first-order valence-corrected chi connectivity index (χ1v) is 10.4. The molecule has 0 aliphatic carbocycles. The quantitative estimate of drug-likeness (QED) is 0.802. The van der Waals surface area contributed by atoms with E-state index >= 15 is 0 Å². The van der Waals surface area contributed by atoms with E-state index in [1.807, 2.05) is 24.3 Å². The number of aliphatic hydroxyl groups is 1. The molecular formula is C21H23ClO3S. The Labute approximate surface area is 163 Å². The summed E-state index contributed by atoms with van der Waals surface area (Å²) >= 11 is 8.33. The van der Waals surface area contributed by atoms with Crippen molar-refractivity contribution in [3.8, 4) is 11.5 Å². The van der Waals surface area contributed by atoms with E-state index in [2.05, 4.69) is 6.07 Å². The van der Waals surface area contributed by atoms with E-state index in [9.17, 15) is 5.11 Å². The summed E-state index contributed by atoms with van der Waals surface area (Å²) in [7, 11) is 1.67. The monoisotopic (exact) mass is 390 g/mol. The fraction of sp³-hybridized carbons (Fsp3) is 0.429. The first-order chi connectivity index (χ1) is 12.6. The summed E-state index contributed by atoms with van der Waals surface area (Å²) in [6.45, 7) is 0.634. The largest absolute Gasteiger partial charge is 0.497 e. The minimum Gasteiger partial charge on any atom is -0.497 e. The first kappa shape index (κ1) is 18.0. The summed E-state index contributed by atoms with van der Waals surface area (Å²) in [5.74, 6) is 2.60. The highest BCUT2D eigenvalue weighted by atomic mass is 35.5. The third kappa shape index (κ3) is 3.30. The van der Waals surface area contributed by atoms with Gasteiger partial charge in [-0.1, -0.05) is 23.7 Å². The van der Waals surface area contributed by atoms with Crippen LogP contribution in [-0.4, -0.2) is 24.6 Å². The molecule has 1 fully saturated rings. The van der Waals surface area contributed by atoms with E-state index in [1.54, 1.807) is 18.9 Å². The van der Waals surface area contributed by atoms with Gasteiger partial charge in [-0.2, -0.15) is 0 Å². The van der Waals surface area contributed by atoms with Crippen LogP contribution in [0.3, 0.4) is 0 Å². The van der Waals surface area contributed by atoms with Crippen molar-refractivity contribution in [1.82, 2.24) is 0 Å². The second-order valence-corrected chi connectivity index (χ2v) is 8.67. The van der Waals surface area contributed by atoms with Crippen LogP contribution in [0, 0.1) is 0 Å². The van der Waals surface area contributed by atoms with Crippen molar-refractivity contribution in [2.75, 3.05) is 19.5 Å². The number of hydrogen-bond donors (Lipinski definition) is 1. The number of fused-ring (bicyclic) bond motifs is 1. The zero-order chi connectivity index (χ0) is 18.1. The van der Waals surface area contributed by atoms with Gasteiger partial charge in [0.2, 0.25) is 0 Å². The molecule has 1 saturated heterocycles. The Morgan fingerprint density at radius 3 is 2.77 bits per heavy atom. The molecule has 5 heteroatoms. The highest BCUT2D eigenvalue weighted by molar-refractivity contribution is 8.00. The van der Waals surface area contributed by atoms with Crippen LogP contribution in [0.2, 0.25) is 5.02 Å². The van der Waals surface area contributed by atoms with E-state index in [0.29, 0.717) is 18.1 Å². The molecule has 2 aromatic carbocycles. The molecule has 26 heavy (non-hydrogen) atoms. The second kappa shape index (κ2) is 7.34. The van der Waals surface area contributed by atoms with Gasteiger partial charge in [0.1, 0.15) is 16.4 Å². The van der Waals surface area contributed by atoms with Gasteiger partial charge in [0, 0.05) is 17.5 Å². The Balaban J connectivity index is 1.73. The highest BCUT2D eigenvalue weighted by Gasteiger charge is 2.37. The Hall–Kier alpha value is -1.36. The summed E-state index contributed by atoms with van der Waals surface area (Å²) in [6, 6.07) is 10.1. The lowest BCUT2D eigenvalue weighted by molar-refractivity contribution is 0.119. The van der Waals surface area contributed by atoms with E-state index in [4.69, 9.17) is 21.1 Å². The van der Waals surface area contributed by atoms with Gasteiger partial charge in [0.05, 0.1) is 18.7 Å². The topological polar surface area (TPSA) is 38.7 Å². The number of benzene rings is 2. The van der Waals surface area contributed by atoms with Crippen LogP contribution < -0.4 is 9.47 Å². The van der Waals surface area contributed by atoms with Crippen LogP contribution >= 0.6 is 23.4 Å². The number of hydrogen-bond acceptors (Lipinski definition) is 4. The van der Waals surface area contributed by atoms with Crippen LogP contribution in [0.5, 0.6) is 11.5 Å². The van der Waals surface area contributed by atoms with E-state index in [0.717, 1.165) is 65.2 Å². The van der Waals surface area contributed by atoms with Crippen molar-refractivity contribution in [2.45, 2.75) is 37.0 Å². The maximum absolute atomic E-state index is 11.3. The fourth-order valence-electron chi connectivity index (χ4n) is 3.81. The molecule has 1 atom stereocenters. The van der Waals surface area contributed by atoms with Crippen LogP contribution in [0.4, 0.5) is 0 Å². The molecule has 0 saturated carbocycles. The molecule has 0 spiro atoms. The van der Waals surface area contributed by atoms with E-state index in [-0.39, 0.29) is 0 Å². The molecule has 2 aromatic rings. The predicted molar refractivity (Wildman–Crippen MR) is 107 cm³/mol. The van der Waals surface area contributed by atoms with Crippen LogP contribution in [0.15, 0.2) is 30.3 Å².